The summed E-state index contributed by atoms with van der Waals surface area (Å²) in [5.74, 6) is -39.0. The van der Waals surface area contributed by atoms with Gasteiger partial charge in [-0.15, -0.1) is 0 Å². The minimum Gasteiger partial charge on any atom is -0.199 e. The van der Waals surface area contributed by atoms with Crippen LogP contribution in [0.15, 0.2) is 0 Å². The number of unbranched alkanes of at least 4 members (excludes halogenated alkanes) is 6. The summed E-state index contributed by atoms with van der Waals surface area (Å²) in [4.78, 5) is 0. The van der Waals surface area contributed by atoms with Gasteiger partial charge in [0, 0.05) is 11.8 Å². The highest BCUT2D eigenvalue weighted by Crippen LogP contribution is 2.59. The second kappa shape index (κ2) is 24.7. The van der Waals surface area contributed by atoms with Gasteiger partial charge in [-0.1, -0.05) is 155 Å². The largest absolute Gasteiger partial charge is 0.460 e. The number of hydrogen-bond acceptors (Lipinski definition) is 0. The van der Waals surface area contributed by atoms with Gasteiger partial charge in [-0.05, 0) is 86.9 Å². The Morgan fingerprint density at radius 2 is 0.470 bits per heavy atom. The van der Waals surface area contributed by atoms with E-state index in [4.69, 9.17) is 0 Å². The van der Waals surface area contributed by atoms with Gasteiger partial charge in [-0.25, -0.2) is 0 Å². The summed E-state index contributed by atoms with van der Waals surface area (Å²) in [6.07, 6.45) is 10.5. The van der Waals surface area contributed by atoms with Crippen molar-refractivity contribution in [1.82, 2.24) is 0 Å². The Bertz CT molecular complexity index is 1340. The van der Waals surface area contributed by atoms with Crippen molar-refractivity contribution in [3.8, 4) is 0 Å². The van der Waals surface area contributed by atoms with E-state index in [1.807, 2.05) is 0 Å². The van der Waals surface area contributed by atoms with E-state index in [0.717, 1.165) is 63.2 Å². The zero-order valence-electron chi connectivity index (χ0n) is 38.6. The van der Waals surface area contributed by atoms with Crippen LogP contribution >= 0.6 is 0 Å². The third-order valence-corrected chi connectivity index (χ3v) is 15.9. The standard InChI is InChI=1S/C25H39F9.C23H35F9/c1-2-3-4-5-6-7-18-8-10-19(11-9-18)12-13-20-14-16-21(17-15-20)22(26,27)23(28,29)24(30,31)25(32,33)34;1-2-3-4-5-16-6-8-17(9-7-16)10-11-18-12-14-19(15-13-18)20(24,25)21(26,27)22(28,29)23(30,31)32/h18-21H,2-17H2,1H3;16-19H,2-15H2,1H3/t;16-,17-,18-,19-. The molecule has 392 valence electrons. The van der Waals surface area contributed by atoms with E-state index in [-0.39, 0.29) is 37.5 Å². The van der Waals surface area contributed by atoms with Gasteiger partial charge in [0.05, 0.1) is 0 Å². The van der Waals surface area contributed by atoms with Gasteiger partial charge in [-0.3, -0.25) is 0 Å². The van der Waals surface area contributed by atoms with E-state index >= 15 is 0 Å². The summed E-state index contributed by atoms with van der Waals surface area (Å²) < 4.78 is 238. The summed E-state index contributed by atoms with van der Waals surface area (Å²) in [7, 11) is 0. The quantitative estimate of drug-likeness (QED) is 0.0749. The predicted molar refractivity (Wildman–Crippen MR) is 220 cm³/mol. The molecule has 4 aliphatic rings. The summed E-state index contributed by atoms with van der Waals surface area (Å²) in [6, 6.07) is 0. The fourth-order valence-corrected chi connectivity index (χ4v) is 11.2. The molecule has 0 bridgehead atoms. The van der Waals surface area contributed by atoms with Crippen molar-refractivity contribution >= 4 is 0 Å². The average Bonchev–Trinajstić information content (AvgIpc) is 3.25. The molecular weight excluding hydrogens is 918 g/mol. The molecule has 18 heteroatoms. The molecule has 0 aromatic carbocycles. The predicted octanol–water partition coefficient (Wildman–Crippen LogP) is 19.6. The fraction of sp³-hybridized carbons (Fsp3) is 1.00. The molecule has 0 aliphatic heterocycles. The first kappa shape index (κ1) is 59.1. The molecule has 0 radical (unpaired) electrons. The van der Waals surface area contributed by atoms with Crippen LogP contribution in [0.5, 0.6) is 0 Å². The summed E-state index contributed by atoms with van der Waals surface area (Å²) >= 11 is 0. The first-order valence-corrected chi connectivity index (χ1v) is 24.9. The maximum Gasteiger partial charge on any atom is 0.460 e. The first-order chi connectivity index (χ1) is 30.5. The average molecular weight is 993 g/mol. The second-order valence-electron chi connectivity index (χ2n) is 20.6. The van der Waals surface area contributed by atoms with Crippen LogP contribution in [0, 0.1) is 47.3 Å². The molecule has 0 unspecified atom stereocenters. The van der Waals surface area contributed by atoms with Gasteiger partial charge in [0.15, 0.2) is 0 Å². The lowest BCUT2D eigenvalue weighted by Crippen LogP contribution is -2.63. The van der Waals surface area contributed by atoms with Gasteiger partial charge in [0.25, 0.3) is 0 Å². The van der Waals surface area contributed by atoms with E-state index in [9.17, 15) is 79.0 Å². The smallest absolute Gasteiger partial charge is 0.199 e. The summed E-state index contributed by atoms with van der Waals surface area (Å²) in [6.45, 7) is 4.37. The van der Waals surface area contributed by atoms with Crippen molar-refractivity contribution in [2.75, 3.05) is 0 Å². The van der Waals surface area contributed by atoms with Crippen LogP contribution < -0.4 is 0 Å². The molecule has 0 saturated heterocycles. The lowest BCUT2D eigenvalue weighted by atomic mass is 9.73. The van der Waals surface area contributed by atoms with Gasteiger partial charge in [-0.2, -0.15) is 79.0 Å². The van der Waals surface area contributed by atoms with Gasteiger partial charge in [0.2, 0.25) is 0 Å². The monoisotopic (exact) mass is 993 g/mol. The van der Waals surface area contributed by atoms with Crippen molar-refractivity contribution in [3.05, 3.63) is 0 Å². The van der Waals surface area contributed by atoms with Gasteiger partial charge in [0.1, 0.15) is 0 Å². The van der Waals surface area contributed by atoms with Crippen LogP contribution in [0.3, 0.4) is 0 Å². The Kier molecular flexibility index (Phi) is 22.1. The molecule has 4 rings (SSSR count). The van der Waals surface area contributed by atoms with Crippen molar-refractivity contribution in [2.45, 2.75) is 254 Å². The van der Waals surface area contributed by atoms with E-state index in [0.29, 0.717) is 11.8 Å². The first-order valence-electron chi connectivity index (χ1n) is 24.9. The van der Waals surface area contributed by atoms with Crippen LogP contribution in [-0.2, 0) is 0 Å². The number of alkyl halides is 18. The highest BCUT2D eigenvalue weighted by atomic mass is 19.4. The van der Waals surface area contributed by atoms with Crippen molar-refractivity contribution in [1.29, 1.82) is 0 Å². The minimum atomic E-state index is -6.78. The molecule has 66 heavy (non-hydrogen) atoms. The van der Waals surface area contributed by atoms with Crippen LogP contribution in [0.25, 0.3) is 0 Å². The van der Waals surface area contributed by atoms with Crippen molar-refractivity contribution < 1.29 is 79.0 Å². The number of halogens is 18. The maximum atomic E-state index is 14.2. The molecule has 4 saturated carbocycles. The lowest BCUT2D eigenvalue weighted by molar-refractivity contribution is -0.404. The van der Waals surface area contributed by atoms with E-state index < -0.39 is 85.4 Å². The maximum absolute atomic E-state index is 14.2. The van der Waals surface area contributed by atoms with E-state index in [2.05, 4.69) is 13.8 Å². The highest BCUT2D eigenvalue weighted by Gasteiger charge is 2.84. The highest BCUT2D eigenvalue weighted by molar-refractivity contribution is 5.05. The summed E-state index contributed by atoms with van der Waals surface area (Å²) in [5.41, 5.74) is 0. The topological polar surface area (TPSA) is 0 Å². The molecule has 4 fully saturated rings. The molecule has 0 spiro atoms. The Balaban J connectivity index is 0.000000351. The number of rotatable bonds is 22. The van der Waals surface area contributed by atoms with Gasteiger partial charge >= 0.3 is 47.9 Å². The molecule has 0 atom stereocenters. The molecular formula is C48H74F18. The SMILES string of the molecule is CCCCCCCC1CCC(CCC2CCC(C(F)(F)C(F)(F)C(F)(F)C(F)(F)F)CC2)CC1.CCCCC[C@H]1CC[C@H](CC[C@H]2CC[C@H](C(F)(F)C(F)(F)C(F)(F)C(F)(F)F)CC2)CC1. The summed E-state index contributed by atoms with van der Waals surface area (Å²) in [5, 5.41) is 0. The number of hydrogen-bond donors (Lipinski definition) is 0. The van der Waals surface area contributed by atoms with E-state index in [1.165, 1.54) is 89.9 Å². The molecule has 0 nitrogen and oxygen atoms in total. The van der Waals surface area contributed by atoms with Crippen LogP contribution in [-0.4, -0.2) is 47.9 Å². The normalized spacial score (nSPS) is 28.2. The minimum absolute atomic E-state index is 0.0279. The van der Waals surface area contributed by atoms with Crippen LogP contribution in [0.4, 0.5) is 79.0 Å². The van der Waals surface area contributed by atoms with Crippen LogP contribution in [0.2, 0.25) is 0 Å². The van der Waals surface area contributed by atoms with Gasteiger partial charge < -0.3 is 0 Å². The van der Waals surface area contributed by atoms with Crippen molar-refractivity contribution in [3.63, 3.8) is 0 Å². The second-order valence-corrected chi connectivity index (χ2v) is 20.6. The van der Waals surface area contributed by atoms with E-state index in [1.54, 1.807) is 0 Å². The Morgan fingerprint density at radius 1 is 0.258 bits per heavy atom. The molecule has 0 N–H and O–H groups in total. The fourth-order valence-electron chi connectivity index (χ4n) is 11.2. The lowest BCUT2D eigenvalue weighted by Gasteiger charge is -2.40. The molecule has 0 aromatic heterocycles. The molecule has 0 amide bonds. The molecule has 4 aliphatic carbocycles. The van der Waals surface area contributed by atoms with Crippen molar-refractivity contribution in [2.24, 2.45) is 47.3 Å². The third-order valence-electron chi connectivity index (χ3n) is 15.9. The zero-order chi connectivity index (χ0) is 49.8. The zero-order valence-corrected chi connectivity index (χ0v) is 38.6. The Labute approximate surface area is 380 Å². The Morgan fingerprint density at radius 3 is 0.727 bits per heavy atom. The molecule has 0 heterocycles. The van der Waals surface area contributed by atoms with Crippen LogP contribution in [0.1, 0.15) is 206 Å². The molecule has 0 aromatic rings. The third kappa shape index (κ3) is 14.9. The Hall–Kier alpha value is -1.26.